The molecule has 0 aliphatic carbocycles. The van der Waals surface area contributed by atoms with Crippen molar-refractivity contribution in [1.82, 2.24) is 0 Å². The first-order valence-corrected chi connectivity index (χ1v) is 5.04. The first kappa shape index (κ1) is 13.2. The van der Waals surface area contributed by atoms with Gasteiger partial charge in [-0.3, -0.25) is 10.1 Å². The monoisotopic (exact) mass is 255 g/mol. The van der Waals surface area contributed by atoms with Crippen LogP contribution >= 0.6 is 11.6 Å². The molecule has 0 heterocycles. The van der Waals surface area contributed by atoms with E-state index in [0.29, 0.717) is 5.02 Å². The fourth-order valence-corrected chi connectivity index (χ4v) is 1.44. The van der Waals surface area contributed by atoms with Gasteiger partial charge in [0.05, 0.1) is 17.6 Å². The van der Waals surface area contributed by atoms with Gasteiger partial charge in [0.25, 0.3) is 5.69 Å². The van der Waals surface area contributed by atoms with Crippen LogP contribution in [0.5, 0.6) is 0 Å². The van der Waals surface area contributed by atoms with Crippen molar-refractivity contribution in [3.8, 4) is 0 Å². The second-order valence-corrected chi connectivity index (χ2v) is 3.72. The molecule has 17 heavy (non-hydrogen) atoms. The maximum absolute atomic E-state index is 11.2. The molecule has 0 aliphatic heterocycles. The molecular formula is C11H10ClNO4. The maximum Gasteiger partial charge on any atom is 0.333 e. The summed E-state index contributed by atoms with van der Waals surface area (Å²) in [4.78, 5) is 21.4. The third-order valence-electron chi connectivity index (χ3n) is 2.07. The van der Waals surface area contributed by atoms with Gasteiger partial charge in [0.2, 0.25) is 0 Å². The van der Waals surface area contributed by atoms with Crippen LogP contribution < -0.4 is 0 Å². The summed E-state index contributed by atoms with van der Waals surface area (Å²) in [6, 6.07) is 4.13. The third kappa shape index (κ3) is 3.29. The predicted octanol–water partition coefficient (Wildman–Crippen LogP) is 2.82. The van der Waals surface area contributed by atoms with E-state index in [9.17, 15) is 14.9 Å². The first-order valence-electron chi connectivity index (χ1n) is 4.66. The van der Waals surface area contributed by atoms with Gasteiger partial charge in [0, 0.05) is 16.7 Å². The van der Waals surface area contributed by atoms with Crippen LogP contribution in [0.3, 0.4) is 0 Å². The highest BCUT2D eigenvalue weighted by molar-refractivity contribution is 6.30. The van der Waals surface area contributed by atoms with E-state index in [0.717, 1.165) is 0 Å². The van der Waals surface area contributed by atoms with Gasteiger partial charge >= 0.3 is 5.97 Å². The predicted molar refractivity (Wildman–Crippen MR) is 63.8 cm³/mol. The lowest BCUT2D eigenvalue weighted by atomic mass is 10.1. The molecule has 0 aliphatic rings. The Hall–Kier alpha value is -1.88. The minimum absolute atomic E-state index is 0.113. The Kier molecular flexibility index (Phi) is 4.23. The lowest BCUT2D eigenvalue weighted by Crippen LogP contribution is -2.01. The number of carbonyl (C=O) groups is 1. The number of nitrogens with zero attached hydrogens (tertiary/aromatic N) is 1. The van der Waals surface area contributed by atoms with Crippen LogP contribution in [-0.4, -0.2) is 18.0 Å². The Bertz CT molecular complexity index is 496. The number of hydrogen-bond acceptors (Lipinski definition) is 4. The maximum atomic E-state index is 11.2. The van der Waals surface area contributed by atoms with Crippen LogP contribution in [0.1, 0.15) is 12.5 Å². The molecule has 1 rings (SSSR count). The lowest BCUT2D eigenvalue weighted by Gasteiger charge is -2.01. The summed E-state index contributed by atoms with van der Waals surface area (Å²) in [5, 5.41) is 11.1. The van der Waals surface area contributed by atoms with E-state index in [4.69, 9.17) is 11.6 Å². The van der Waals surface area contributed by atoms with Crippen LogP contribution in [0.2, 0.25) is 5.02 Å². The van der Waals surface area contributed by atoms with Crippen molar-refractivity contribution in [2.75, 3.05) is 7.11 Å². The van der Waals surface area contributed by atoms with Gasteiger partial charge in [-0.05, 0) is 25.1 Å². The summed E-state index contributed by atoms with van der Waals surface area (Å²) in [6.45, 7) is 1.51. The number of carbonyl (C=O) groups excluding carboxylic acids is 1. The minimum atomic E-state index is -0.542. The normalized spacial score (nSPS) is 11.1. The second-order valence-electron chi connectivity index (χ2n) is 3.28. The first-order chi connectivity index (χ1) is 7.95. The third-order valence-corrected chi connectivity index (χ3v) is 2.30. The minimum Gasteiger partial charge on any atom is -0.466 e. The summed E-state index contributed by atoms with van der Waals surface area (Å²) >= 11 is 5.75. The molecule has 0 aromatic heterocycles. The van der Waals surface area contributed by atoms with Gasteiger partial charge in [0.15, 0.2) is 0 Å². The summed E-state index contributed by atoms with van der Waals surface area (Å²) in [5.41, 5.74) is 0.418. The molecule has 0 saturated heterocycles. The molecule has 0 unspecified atom stereocenters. The molecule has 0 saturated carbocycles. The fraction of sp³-hybridized carbons (Fsp3) is 0.182. The molecule has 0 amide bonds. The zero-order chi connectivity index (χ0) is 13.0. The van der Waals surface area contributed by atoms with Gasteiger partial charge < -0.3 is 4.74 Å². The Morgan fingerprint density at radius 2 is 2.18 bits per heavy atom. The highest BCUT2D eigenvalue weighted by atomic mass is 35.5. The molecule has 6 heteroatoms. The van der Waals surface area contributed by atoms with Gasteiger partial charge in [0.1, 0.15) is 0 Å². The Balaban J connectivity index is 3.25. The molecule has 0 atom stereocenters. The summed E-state index contributed by atoms with van der Waals surface area (Å²) in [5.74, 6) is -0.542. The summed E-state index contributed by atoms with van der Waals surface area (Å²) in [7, 11) is 1.24. The largest absolute Gasteiger partial charge is 0.466 e. The zero-order valence-corrected chi connectivity index (χ0v) is 10.0. The number of nitro benzene ring substituents is 1. The molecule has 5 nitrogen and oxygen atoms in total. The van der Waals surface area contributed by atoms with E-state index >= 15 is 0 Å². The molecule has 1 aromatic rings. The highest BCUT2D eigenvalue weighted by Gasteiger charge is 2.13. The van der Waals surface area contributed by atoms with E-state index in [1.165, 1.54) is 38.3 Å². The molecular weight excluding hydrogens is 246 g/mol. The van der Waals surface area contributed by atoms with Crippen molar-refractivity contribution in [3.63, 3.8) is 0 Å². The van der Waals surface area contributed by atoms with Crippen LogP contribution in [0.4, 0.5) is 5.69 Å². The number of ether oxygens (including phenoxy) is 1. The number of halogens is 1. The van der Waals surface area contributed by atoms with E-state index in [1.54, 1.807) is 0 Å². The molecule has 0 fully saturated rings. The van der Waals surface area contributed by atoms with E-state index in [-0.39, 0.29) is 16.8 Å². The summed E-state index contributed by atoms with van der Waals surface area (Å²) < 4.78 is 4.50. The zero-order valence-electron chi connectivity index (χ0n) is 9.27. The average Bonchev–Trinajstić information content (AvgIpc) is 2.27. The van der Waals surface area contributed by atoms with Crippen LogP contribution in [0.25, 0.3) is 6.08 Å². The van der Waals surface area contributed by atoms with Gasteiger partial charge in [-0.1, -0.05) is 11.6 Å². The fourth-order valence-electron chi connectivity index (χ4n) is 1.26. The van der Waals surface area contributed by atoms with Crippen molar-refractivity contribution in [1.29, 1.82) is 0 Å². The summed E-state index contributed by atoms with van der Waals surface area (Å²) in [6.07, 6.45) is 1.37. The lowest BCUT2D eigenvalue weighted by molar-refractivity contribution is -0.385. The quantitative estimate of drug-likeness (QED) is 0.360. The van der Waals surface area contributed by atoms with Gasteiger partial charge in [-0.15, -0.1) is 0 Å². The Morgan fingerprint density at radius 1 is 1.53 bits per heavy atom. The van der Waals surface area contributed by atoms with E-state index in [1.807, 2.05) is 0 Å². The van der Waals surface area contributed by atoms with Crippen LogP contribution in [0.15, 0.2) is 23.8 Å². The smallest absolute Gasteiger partial charge is 0.333 e. The van der Waals surface area contributed by atoms with E-state index < -0.39 is 10.9 Å². The SMILES string of the molecule is COC(=O)/C(C)=C/c1cc(Cl)ccc1[N+](=O)[O-]. The van der Waals surface area contributed by atoms with Crippen LogP contribution in [-0.2, 0) is 9.53 Å². The topological polar surface area (TPSA) is 69.4 Å². The van der Waals surface area contributed by atoms with Crippen molar-refractivity contribution < 1.29 is 14.5 Å². The van der Waals surface area contributed by atoms with Crippen molar-refractivity contribution in [2.24, 2.45) is 0 Å². The van der Waals surface area contributed by atoms with Crippen molar-refractivity contribution in [2.45, 2.75) is 6.92 Å². The number of esters is 1. The number of methoxy groups -OCH3 is 1. The molecule has 0 bridgehead atoms. The molecule has 0 spiro atoms. The average molecular weight is 256 g/mol. The van der Waals surface area contributed by atoms with Gasteiger partial charge in [-0.25, -0.2) is 4.79 Å². The van der Waals surface area contributed by atoms with Crippen molar-refractivity contribution in [3.05, 3.63) is 44.5 Å². The van der Waals surface area contributed by atoms with Gasteiger partial charge in [-0.2, -0.15) is 0 Å². The molecule has 0 radical (unpaired) electrons. The Labute approximate surface area is 103 Å². The number of rotatable bonds is 3. The second kappa shape index (κ2) is 5.45. The highest BCUT2D eigenvalue weighted by Crippen LogP contribution is 2.25. The Morgan fingerprint density at radius 3 is 2.71 bits per heavy atom. The molecule has 90 valence electrons. The molecule has 1 aromatic carbocycles. The van der Waals surface area contributed by atoms with E-state index in [2.05, 4.69) is 4.74 Å². The van der Waals surface area contributed by atoms with Crippen LogP contribution in [0, 0.1) is 10.1 Å². The number of benzene rings is 1. The molecule has 0 N–H and O–H groups in total. The number of hydrogen-bond donors (Lipinski definition) is 0. The standard InChI is InChI=1S/C11H10ClNO4/c1-7(11(14)17-2)5-8-6-9(12)3-4-10(8)13(15)16/h3-6H,1-2H3/b7-5+. The number of nitro groups is 1. The van der Waals surface area contributed by atoms with Crippen molar-refractivity contribution >= 4 is 29.3 Å².